The Hall–Kier alpha value is -2.53. The van der Waals surface area contributed by atoms with Crippen molar-refractivity contribution in [2.24, 2.45) is 9.98 Å². The second-order valence-corrected chi connectivity index (χ2v) is 6.60. The van der Waals surface area contributed by atoms with Crippen LogP contribution in [0.4, 0.5) is 5.69 Å². The zero-order chi connectivity index (χ0) is 18.2. The number of hydrogen-bond donors (Lipinski definition) is 3. The molecule has 0 radical (unpaired) electrons. The molecule has 0 bridgehead atoms. The minimum atomic E-state index is 0.810. The first-order chi connectivity index (χ1) is 12.7. The van der Waals surface area contributed by atoms with E-state index in [0.717, 1.165) is 67.0 Å². The summed E-state index contributed by atoms with van der Waals surface area (Å²) in [4.78, 5) is 8.65. The highest BCUT2D eigenvalue weighted by Gasteiger charge is 2.07. The van der Waals surface area contributed by atoms with Crippen molar-refractivity contribution >= 4 is 29.0 Å². The molecule has 0 aromatic heterocycles. The topological polar surface area (TPSA) is 74.8 Å². The third kappa shape index (κ3) is 5.49. The van der Waals surface area contributed by atoms with E-state index in [0.29, 0.717) is 0 Å². The Labute approximate surface area is 159 Å². The first-order valence-electron chi connectivity index (χ1n) is 8.83. The van der Waals surface area contributed by atoms with Gasteiger partial charge in [0.1, 0.15) is 11.7 Å². The van der Waals surface area contributed by atoms with Crippen molar-refractivity contribution in [2.45, 2.75) is 12.8 Å². The molecule has 2 aromatic rings. The number of halogens is 1. The minimum Gasteiger partial charge on any atom is -0.399 e. The maximum atomic E-state index is 6.02. The van der Waals surface area contributed by atoms with Crippen LogP contribution in [-0.2, 0) is 12.8 Å². The Morgan fingerprint density at radius 3 is 2.04 bits per heavy atom. The molecule has 2 aromatic carbocycles. The van der Waals surface area contributed by atoms with Gasteiger partial charge < -0.3 is 16.4 Å². The predicted octanol–water partition coefficient (Wildman–Crippen LogP) is 2.70. The molecule has 0 saturated carbocycles. The Morgan fingerprint density at radius 1 is 0.846 bits per heavy atom. The van der Waals surface area contributed by atoms with Crippen LogP contribution in [0, 0.1) is 0 Å². The van der Waals surface area contributed by atoms with Gasteiger partial charge in [0.15, 0.2) is 0 Å². The summed E-state index contributed by atoms with van der Waals surface area (Å²) < 4.78 is 0. The van der Waals surface area contributed by atoms with E-state index in [1.165, 1.54) is 5.56 Å². The zero-order valence-corrected chi connectivity index (χ0v) is 15.5. The number of hydrogen-bond acceptors (Lipinski definition) is 5. The molecule has 2 aliphatic rings. The highest BCUT2D eigenvalue weighted by atomic mass is 35.5. The van der Waals surface area contributed by atoms with Crippen molar-refractivity contribution in [3.8, 4) is 0 Å². The van der Waals surface area contributed by atoms with Gasteiger partial charge in [0.2, 0.25) is 0 Å². The smallest absolute Gasteiger partial charge is 0.101 e. The molecule has 0 amide bonds. The maximum absolute atomic E-state index is 6.02. The van der Waals surface area contributed by atoms with Crippen molar-refractivity contribution < 1.29 is 0 Å². The number of nitrogen functional groups attached to an aromatic ring is 1. The molecule has 5 nitrogen and oxygen atoms in total. The summed E-state index contributed by atoms with van der Waals surface area (Å²) in [6.45, 7) is 3.73. The van der Waals surface area contributed by atoms with Gasteiger partial charge in [-0.2, -0.15) is 0 Å². The Balaban J connectivity index is 0.000000151. The fourth-order valence-corrected chi connectivity index (χ4v) is 2.98. The average molecular weight is 370 g/mol. The number of nitrogens with zero attached hydrogens (tertiary/aromatic N) is 2. The molecule has 4 N–H and O–H groups in total. The van der Waals surface area contributed by atoms with Crippen LogP contribution in [0.15, 0.2) is 58.5 Å². The zero-order valence-electron chi connectivity index (χ0n) is 14.7. The molecule has 0 saturated heterocycles. The highest BCUT2D eigenvalue weighted by molar-refractivity contribution is 6.31. The second-order valence-electron chi connectivity index (χ2n) is 6.20. The van der Waals surface area contributed by atoms with E-state index in [2.05, 4.69) is 20.6 Å². The summed E-state index contributed by atoms with van der Waals surface area (Å²) in [6.07, 6.45) is 1.71. The summed E-state index contributed by atoms with van der Waals surface area (Å²) in [5.74, 6) is 2.14. The number of aliphatic imine (C=N–C) groups is 2. The van der Waals surface area contributed by atoms with Crippen LogP contribution < -0.4 is 16.4 Å². The van der Waals surface area contributed by atoms with Crippen LogP contribution in [0.25, 0.3) is 0 Å². The molecule has 0 unspecified atom stereocenters. The van der Waals surface area contributed by atoms with Gasteiger partial charge in [0.25, 0.3) is 0 Å². The number of nitrogens with two attached hydrogens (primary N) is 1. The van der Waals surface area contributed by atoms with Crippen molar-refractivity contribution in [3.05, 3.63) is 64.7 Å². The van der Waals surface area contributed by atoms with Gasteiger partial charge in [-0.05, 0) is 29.3 Å². The van der Waals surface area contributed by atoms with E-state index in [-0.39, 0.29) is 0 Å². The summed E-state index contributed by atoms with van der Waals surface area (Å²) >= 11 is 6.02. The first kappa shape index (κ1) is 18.3. The Kier molecular flexibility index (Phi) is 6.50. The summed E-state index contributed by atoms with van der Waals surface area (Å²) in [7, 11) is 0. The van der Waals surface area contributed by atoms with Gasteiger partial charge in [-0.3, -0.25) is 9.98 Å². The third-order valence-electron chi connectivity index (χ3n) is 4.15. The van der Waals surface area contributed by atoms with Crippen LogP contribution in [0.5, 0.6) is 0 Å². The van der Waals surface area contributed by atoms with Crippen molar-refractivity contribution in [2.75, 3.05) is 31.9 Å². The second kappa shape index (κ2) is 9.25. The Morgan fingerprint density at radius 2 is 1.46 bits per heavy atom. The van der Waals surface area contributed by atoms with Crippen molar-refractivity contribution in [1.82, 2.24) is 10.6 Å². The molecule has 0 atom stereocenters. The lowest BCUT2D eigenvalue weighted by Crippen LogP contribution is -2.20. The van der Waals surface area contributed by atoms with Gasteiger partial charge in [-0.1, -0.05) is 41.9 Å². The van der Waals surface area contributed by atoms with E-state index in [1.54, 1.807) is 0 Å². The SMILES string of the molecule is Clc1ccccc1CC1=NCCN1.Nc1ccc(CC2=NCCN2)cc1. The van der Waals surface area contributed by atoms with Crippen LogP contribution in [0.2, 0.25) is 5.02 Å². The van der Waals surface area contributed by atoms with Crippen molar-refractivity contribution in [3.63, 3.8) is 0 Å². The van der Waals surface area contributed by atoms with Crippen LogP contribution in [-0.4, -0.2) is 37.9 Å². The third-order valence-corrected chi connectivity index (χ3v) is 4.52. The van der Waals surface area contributed by atoms with Gasteiger partial charge in [0, 0.05) is 36.6 Å². The predicted molar refractivity (Wildman–Crippen MR) is 110 cm³/mol. The number of nitrogens with one attached hydrogen (secondary N) is 2. The van der Waals surface area contributed by atoms with Gasteiger partial charge in [-0.25, -0.2) is 0 Å². The largest absolute Gasteiger partial charge is 0.399 e. The lowest BCUT2D eigenvalue weighted by Gasteiger charge is -2.03. The summed E-state index contributed by atoms with van der Waals surface area (Å²) in [5, 5.41) is 7.28. The summed E-state index contributed by atoms with van der Waals surface area (Å²) in [5.41, 5.74) is 8.79. The molecule has 26 heavy (non-hydrogen) atoms. The van der Waals surface area contributed by atoms with Gasteiger partial charge >= 0.3 is 0 Å². The molecule has 0 fully saturated rings. The lowest BCUT2D eigenvalue weighted by atomic mass is 10.1. The van der Waals surface area contributed by atoms with Gasteiger partial charge in [0.05, 0.1) is 13.1 Å². The fraction of sp³-hybridized carbons (Fsp3) is 0.300. The Bertz CT molecular complexity index is 783. The van der Waals surface area contributed by atoms with E-state index in [1.807, 2.05) is 48.5 Å². The van der Waals surface area contributed by atoms with E-state index >= 15 is 0 Å². The monoisotopic (exact) mass is 369 g/mol. The first-order valence-corrected chi connectivity index (χ1v) is 9.21. The highest BCUT2D eigenvalue weighted by Crippen LogP contribution is 2.15. The minimum absolute atomic E-state index is 0.810. The molecular weight excluding hydrogens is 346 g/mol. The fourth-order valence-electron chi connectivity index (χ4n) is 2.78. The lowest BCUT2D eigenvalue weighted by molar-refractivity contribution is 0.953. The average Bonchev–Trinajstić information content (AvgIpc) is 3.34. The molecule has 0 aliphatic carbocycles. The summed E-state index contributed by atoms with van der Waals surface area (Å²) in [6, 6.07) is 15.8. The van der Waals surface area contributed by atoms with E-state index < -0.39 is 0 Å². The standard InChI is InChI=1S/C10H11ClN2.C10H13N3/c11-9-4-2-1-3-8(9)7-10-12-5-6-13-10;11-9-3-1-8(2-4-9)7-10-12-5-6-13-10/h1-4H,5-7H2,(H,12,13);1-4H,5-7,11H2,(H,12,13). The van der Waals surface area contributed by atoms with Crippen LogP contribution >= 0.6 is 11.6 Å². The van der Waals surface area contributed by atoms with Crippen LogP contribution in [0.3, 0.4) is 0 Å². The molecular formula is C20H24ClN5. The molecule has 136 valence electrons. The number of rotatable bonds is 4. The number of amidine groups is 2. The number of benzene rings is 2. The molecule has 6 heteroatoms. The van der Waals surface area contributed by atoms with Gasteiger partial charge in [-0.15, -0.1) is 0 Å². The molecule has 2 heterocycles. The van der Waals surface area contributed by atoms with Crippen molar-refractivity contribution in [1.29, 1.82) is 0 Å². The van der Waals surface area contributed by atoms with E-state index in [4.69, 9.17) is 17.3 Å². The maximum Gasteiger partial charge on any atom is 0.101 e. The quantitative estimate of drug-likeness (QED) is 0.725. The molecule has 0 spiro atoms. The van der Waals surface area contributed by atoms with E-state index in [9.17, 15) is 0 Å². The molecule has 2 aliphatic heterocycles. The number of anilines is 1. The normalized spacial score (nSPS) is 15.3. The molecule has 4 rings (SSSR count). The van der Waals surface area contributed by atoms with Crippen LogP contribution in [0.1, 0.15) is 11.1 Å².